The molecule has 0 spiro atoms. The van der Waals surface area contributed by atoms with Gasteiger partial charge >= 0.3 is 0 Å². The van der Waals surface area contributed by atoms with Crippen molar-refractivity contribution >= 4 is 17.4 Å². The molecule has 0 radical (unpaired) electrons. The molecule has 0 aliphatic carbocycles. The molecular formula is C15H25N3OS. The van der Waals surface area contributed by atoms with Gasteiger partial charge < -0.3 is 15.3 Å². The van der Waals surface area contributed by atoms with E-state index in [0.29, 0.717) is 12.1 Å². The van der Waals surface area contributed by atoms with E-state index in [9.17, 15) is 5.11 Å². The molecule has 0 amide bonds. The van der Waals surface area contributed by atoms with Gasteiger partial charge in [0.2, 0.25) is 0 Å². The van der Waals surface area contributed by atoms with Crippen LogP contribution < -0.4 is 10.2 Å². The zero-order valence-corrected chi connectivity index (χ0v) is 13.1. The standard InChI is InChI=1S/C15H25N3OS/c1-12(15(11-19)20-2)17-13-5-9-18(10-6-13)14-3-7-16-8-4-14/h3-4,7-8,12-13,15,17,19H,5-6,9-11H2,1-2H3. The van der Waals surface area contributed by atoms with Crippen molar-refractivity contribution in [3.05, 3.63) is 24.5 Å². The van der Waals surface area contributed by atoms with Gasteiger partial charge in [-0.3, -0.25) is 4.98 Å². The van der Waals surface area contributed by atoms with Crippen molar-refractivity contribution in [2.45, 2.75) is 37.1 Å². The van der Waals surface area contributed by atoms with E-state index in [1.54, 1.807) is 11.8 Å². The van der Waals surface area contributed by atoms with E-state index in [-0.39, 0.29) is 11.9 Å². The van der Waals surface area contributed by atoms with Gasteiger partial charge in [0.25, 0.3) is 0 Å². The Kier molecular flexibility index (Phi) is 6.13. The molecule has 1 fully saturated rings. The van der Waals surface area contributed by atoms with Crippen LogP contribution in [0.5, 0.6) is 0 Å². The van der Waals surface area contributed by atoms with Crippen molar-refractivity contribution in [3.8, 4) is 0 Å². The third kappa shape index (κ3) is 4.11. The molecule has 0 aromatic carbocycles. The lowest BCUT2D eigenvalue weighted by Crippen LogP contribution is -2.48. The van der Waals surface area contributed by atoms with Crippen LogP contribution in [0.2, 0.25) is 0 Å². The van der Waals surface area contributed by atoms with Crippen LogP contribution in [0.25, 0.3) is 0 Å². The summed E-state index contributed by atoms with van der Waals surface area (Å²) in [5.74, 6) is 0. The minimum Gasteiger partial charge on any atom is -0.395 e. The van der Waals surface area contributed by atoms with E-state index in [0.717, 1.165) is 25.9 Å². The molecule has 112 valence electrons. The van der Waals surface area contributed by atoms with Crippen LogP contribution >= 0.6 is 11.8 Å². The molecule has 1 saturated heterocycles. The zero-order chi connectivity index (χ0) is 14.4. The van der Waals surface area contributed by atoms with E-state index in [2.05, 4.69) is 40.5 Å². The quantitative estimate of drug-likeness (QED) is 0.837. The van der Waals surface area contributed by atoms with Gasteiger partial charge in [0.1, 0.15) is 0 Å². The van der Waals surface area contributed by atoms with Crippen molar-refractivity contribution in [3.63, 3.8) is 0 Å². The maximum atomic E-state index is 9.34. The van der Waals surface area contributed by atoms with Gasteiger partial charge in [-0.25, -0.2) is 0 Å². The molecule has 2 rings (SSSR count). The third-order valence-corrected chi connectivity index (χ3v) is 5.22. The number of hydrogen-bond acceptors (Lipinski definition) is 5. The molecule has 2 atom stereocenters. The molecular weight excluding hydrogens is 270 g/mol. The van der Waals surface area contributed by atoms with Gasteiger partial charge in [0.05, 0.1) is 6.61 Å². The van der Waals surface area contributed by atoms with Crippen LogP contribution in [0.3, 0.4) is 0 Å². The van der Waals surface area contributed by atoms with Crippen molar-refractivity contribution in [1.29, 1.82) is 0 Å². The number of nitrogens with one attached hydrogen (secondary N) is 1. The van der Waals surface area contributed by atoms with Crippen molar-refractivity contribution in [2.24, 2.45) is 0 Å². The van der Waals surface area contributed by atoms with Crippen LogP contribution in [0.4, 0.5) is 5.69 Å². The summed E-state index contributed by atoms with van der Waals surface area (Å²) in [7, 11) is 0. The number of nitrogens with zero attached hydrogens (tertiary/aromatic N) is 2. The Hall–Kier alpha value is -0.780. The third-order valence-electron chi connectivity index (χ3n) is 4.06. The Balaban J connectivity index is 1.80. The highest BCUT2D eigenvalue weighted by Crippen LogP contribution is 2.20. The molecule has 5 heteroatoms. The second-order valence-corrected chi connectivity index (χ2v) is 6.46. The number of aromatic nitrogens is 1. The number of aliphatic hydroxyl groups excluding tert-OH is 1. The van der Waals surface area contributed by atoms with E-state index in [4.69, 9.17) is 0 Å². The van der Waals surface area contributed by atoms with Crippen LogP contribution in [0.1, 0.15) is 19.8 Å². The van der Waals surface area contributed by atoms with Crippen LogP contribution in [0, 0.1) is 0 Å². The monoisotopic (exact) mass is 295 g/mol. The van der Waals surface area contributed by atoms with Crippen molar-refractivity contribution in [2.75, 3.05) is 30.9 Å². The van der Waals surface area contributed by atoms with E-state index in [1.165, 1.54) is 5.69 Å². The van der Waals surface area contributed by atoms with Gasteiger partial charge in [0, 0.05) is 48.5 Å². The highest BCUT2D eigenvalue weighted by molar-refractivity contribution is 7.99. The number of hydrogen-bond donors (Lipinski definition) is 2. The summed E-state index contributed by atoms with van der Waals surface area (Å²) < 4.78 is 0. The largest absolute Gasteiger partial charge is 0.395 e. The summed E-state index contributed by atoms with van der Waals surface area (Å²) in [6, 6.07) is 5.06. The first-order valence-corrected chi connectivity index (χ1v) is 8.58. The molecule has 1 aromatic heterocycles. The van der Waals surface area contributed by atoms with Gasteiger partial charge in [-0.15, -0.1) is 0 Å². The Morgan fingerprint density at radius 3 is 2.60 bits per heavy atom. The maximum Gasteiger partial charge on any atom is 0.0564 e. The highest BCUT2D eigenvalue weighted by Gasteiger charge is 2.23. The fourth-order valence-electron chi connectivity index (χ4n) is 2.78. The van der Waals surface area contributed by atoms with Gasteiger partial charge in [-0.1, -0.05) is 0 Å². The lowest BCUT2D eigenvalue weighted by Gasteiger charge is -2.36. The van der Waals surface area contributed by atoms with Gasteiger partial charge in [0.15, 0.2) is 0 Å². The Morgan fingerprint density at radius 1 is 1.40 bits per heavy atom. The summed E-state index contributed by atoms with van der Waals surface area (Å²) >= 11 is 1.73. The minimum atomic E-state index is 0.241. The Labute approximate surface area is 126 Å². The summed E-state index contributed by atoms with van der Waals surface area (Å²) in [5.41, 5.74) is 1.27. The molecule has 1 aromatic rings. The Morgan fingerprint density at radius 2 is 2.05 bits per heavy atom. The van der Waals surface area contributed by atoms with Crippen LogP contribution in [-0.4, -0.2) is 53.4 Å². The summed E-state index contributed by atoms with van der Waals surface area (Å²) in [6.45, 7) is 4.58. The van der Waals surface area contributed by atoms with E-state index >= 15 is 0 Å². The second-order valence-electron chi connectivity index (χ2n) is 5.38. The number of rotatable bonds is 6. The van der Waals surface area contributed by atoms with E-state index < -0.39 is 0 Å². The second kappa shape index (κ2) is 7.86. The first kappa shape index (κ1) is 15.6. The maximum absolute atomic E-state index is 9.34. The number of anilines is 1. The smallest absolute Gasteiger partial charge is 0.0564 e. The first-order chi connectivity index (χ1) is 9.74. The number of aliphatic hydroxyl groups is 1. The molecule has 2 unspecified atom stereocenters. The summed E-state index contributed by atoms with van der Waals surface area (Å²) in [6.07, 6.45) is 8.07. The number of pyridine rings is 1. The SMILES string of the molecule is CSC(CO)C(C)NC1CCN(c2ccncc2)CC1. The number of thioether (sulfide) groups is 1. The van der Waals surface area contributed by atoms with Crippen LogP contribution in [0.15, 0.2) is 24.5 Å². The lowest BCUT2D eigenvalue weighted by atomic mass is 10.0. The molecule has 20 heavy (non-hydrogen) atoms. The lowest BCUT2D eigenvalue weighted by molar-refractivity contribution is 0.265. The molecule has 1 aliphatic rings. The number of piperidine rings is 1. The fourth-order valence-corrected chi connectivity index (χ4v) is 3.41. The molecule has 2 heterocycles. The average molecular weight is 295 g/mol. The molecule has 0 bridgehead atoms. The first-order valence-electron chi connectivity index (χ1n) is 7.29. The predicted octanol–water partition coefficient (Wildman–Crippen LogP) is 1.75. The van der Waals surface area contributed by atoms with Crippen LogP contribution in [-0.2, 0) is 0 Å². The fraction of sp³-hybridized carbons (Fsp3) is 0.667. The normalized spacial score (nSPS) is 19.9. The molecule has 1 aliphatic heterocycles. The molecule has 0 saturated carbocycles. The molecule has 4 nitrogen and oxygen atoms in total. The van der Waals surface area contributed by atoms with Crippen molar-refractivity contribution in [1.82, 2.24) is 10.3 Å². The summed E-state index contributed by atoms with van der Waals surface area (Å²) in [4.78, 5) is 6.49. The topological polar surface area (TPSA) is 48.4 Å². The van der Waals surface area contributed by atoms with Gasteiger partial charge in [-0.2, -0.15) is 11.8 Å². The molecule has 2 N–H and O–H groups in total. The Bertz CT molecular complexity index is 378. The zero-order valence-electron chi connectivity index (χ0n) is 12.3. The minimum absolute atomic E-state index is 0.241. The van der Waals surface area contributed by atoms with Gasteiger partial charge in [-0.05, 0) is 38.2 Å². The predicted molar refractivity (Wildman–Crippen MR) is 86.5 cm³/mol. The summed E-state index contributed by atoms with van der Waals surface area (Å²) in [5, 5.41) is 13.3. The highest BCUT2D eigenvalue weighted by atomic mass is 32.2. The van der Waals surface area contributed by atoms with Crippen molar-refractivity contribution < 1.29 is 5.11 Å². The average Bonchev–Trinajstić information content (AvgIpc) is 2.50. The van der Waals surface area contributed by atoms with E-state index in [1.807, 2.05) is 12.4 Å².